The van der Waals surface area contributed by atoms with E-state index in [1.807, 2.05) is 44.2 Å². The summed E-state index contributed by atoms with van der Waals surface area (Å²) >= 11 is 0. The predicted octanol–water partition coefficient (Wildman–Crippen LogP) is 1.29. The van der Waals surface area contributed by atoms with Gasteiger partial charge in [0.05, 0.1) is 12.6 Å². The summed E-state index contributed by atoms with van der Waals surface area (Å²) in [5.74, 6) is -0.160. The van der Waals surface area contributed by atoms with Crippen LogP contribution in [0.3, 0.4) is 0 Å². The van der Waals surface area contributed by atoms with Crippen molar-refractivity contribution in [1.82, 2.24) is 10.6 Å². The molecule has 2 N–H and O–H groups in total. The number of carbonyl (C=O) groups is 1. The molecule has 90 valence electrons. The molecule has 1 amide bonds. The zero-order valence-electron chi connectivity index (χ0n) is 10.2. The van der Waals surface area contributed by atoms with Gasteiger partial charge in [-0.25, -0.2) is 0 Å². The quantitative estimate of drug-likeness (QED) is 0.750. The Morgan fingerprint density at radius 1 is 1.47 bits per heavy atom. The third kappa shape index (κ3) is 4.25. The molecule has 17 heavy (non-hydrogen) atoms. The number of nitriles is 1. The molecule has 0 unspecified atom stereocenters. The number of hydrogen-bond donors (Lipinski definition) is 2. The van der Waals surface area contributed by atoms with Gasteiger partial charge in [-0.05, 0) is 25.0 Å². The molecule has 0 radical (unpaired) electrons. The first-order valence-electron chi connectivity index (χ1n) is 5.57. The van der Waals surface area contributed by atoms with Gasteiger partial charge >= 0.3 is 0 Å². The van der Waals surface area contributed by atoms with Crippen LogP contribution in [0.4, 0.5) is 0 Å². The maximum Gasteiger partial charge on any atom is 0.234 e. The Labute approximate surface area is 102 Å². The highest BCUT2D eigenvalue weighted by atomic mass is 16.1. The average Bonchev–Trinajstić information content (AvgIpc) is 2.34. The van der Waals surface area contributed by atoms with E-state index in [0.29, 0.717) is 0 Å². The Morgan fingerprint density at radius 2 is 2.18 bits per heavy atom. The Bertz CT molecular complexity index is 423. The summed E-state index contributed by atoms with van der Waals surface area (Å²) in [5.41, 5.74) is 2.38. The average molecular weight is 231 g/mol. The van der Waals surface area contributed by atoms with Gasteiger partial charge < -0.3 is 10.6 Å². The molecule has 0 aliphatic carbocycles. The Kier molecular flexibility index (Phi) is 5.18. The van der Waals surface area contributed by atoms with Gasteiger partial charge in [-0.2, -0.15) is 5.26 Å². The molecular formula is C13H17N3O. The zero-order chi connectivity index (χ0) is 12.7. The first-order chi connectivity index (χ1) is 8.15. The van der Waals surface area contributed by atoms with Crippen LogP contribution in [0.2, 0.25) is 0 Å². The maximum atomic E-state index is 11.3. The molecule has 1 aromatic rings. The van der Waals surface area contributed by atoms with Gasteiger partial charge in [-0.1, -0.05) is 24.3 Å². The summed E-state index contributed by atoms with van der Waals surface area (Å²) in [4.78, 5) is 11.3. The molecule has 0 aliphatic rings. The van der Waals surface area contributed by atoms with E-state index >= 15 is 0 Å². The topological polar surface area (TPSA) is 64.9 Å². The van der Waals surface area contributed by atoms with Crippen molar-refractivity contribution in [3.8, 4) is 6.07 Å². The highest BCUT2D eigenvalue weighted by molar-refractivity contribution is 5.78. The fourth-order valence-electron chi connectivity index (χ4n) is 1.63. The van der Waals surface area contributed by atoms with Crippen LogP contribution in [0.5, 0.6) is 0 Å². The van der Waals surface area contributed by atoms with E-state index in [4.69, 9.17) is 5.26 Å². The standard InChI is InChI=1S/C13H17N3O/c1-10-5-3-4-6-12(10)11(2)16-9-13(17)15-8-7-14/h3-6,11,16H,8-9H2,1-2H3,(H,15,17)/t11-/m1/s1. The molecule has 0 bridgehead atoms. The van der Waals surface area contributed by atoms with E-state index < -0.39 is 0 Å². The number of nitrogens with zero attached hydrogens (tertiary/aromatic N) is 1. The highest BCUT2D eigenvalue weighted by Crippen LogP contribution is 2.15. The van der Waals surface area contributed by atoms with E-state index in [2.05, 4.69) is 10.6 Å². The first-order valence-corrected chi connectivity index (χ1v) is 5.57. The number of amides is 1. The number of carbonyl (C=O) groups excluding carboxylic acids is 1. The van der Waals surface area contributed by atoms with Crippen molar-refractivity contribution < 1.29 is 4.79 Å². The van der Waals surface area contributed by atoms with Crippen LogP contribution in [-0.4, -0.2) is 19.0 Å². The van der Waals surface area contributed by atoms with Crippen molar-refractivity contribution >= 4 is 5.91 Å². The second-order valence-corrected chi connectivity index (χ2v) is 3.89. The second kappa shape index (κ2) is 6.66. The van der Waals surface area contributed by atoms with Crippen LogP contribution in [0.25, 0.3) is 0 Å². The number of aryl methyl sites for hydroxylation is 1. The number of nitrogens with one attached hydrogen (secondary N) is 2. The Hall–Kier alpha value is -1.86. The Morgan fingerprint density at radius 3 is 2.82 bits per heavy atom. The van der Waals surface area contributed by atoms with Crippen LogP contribution in [0.1, 0.15) is 24.1 Å². The zero-order valence-corrected chi connectivity index (χ0v) is 10.2. The molecule has 0 fully saturated rings. The minimum atomic E-state index is -0.160. The van der Waals surface area contributed by atoms with Crippen LogP contribution in [0.15, 0.2) is 24.3 Å². The van der Waals surface area contributed by atoms with Gasteiger partial charge in [0.15, 0.2) is 0 Å². The summed E-state index contributed by atoms with van der Waals surface area (Å²) in [5, 5.41) is 13.9. The van der Waals surface area contributed by atoms with E-state index in [-0.39, 0.29) is 25.0 Å². The lowest BCUT2D eigenvalue weighted by molar-refractivity contribution is -0.120. The van der Waals surface area contributed by atoms with Crippen LogP contribution in [-0.2, 0) is 4.79 Å². The summed E-state index contributed by atoms with van der Waals surface area (Å²) in [6, 6.07) is 10.0. The van der Waals surface area contributed by atoms with Crippen molar-refractivity contribution in [1.29, 1.82) is 5.26 Å². The molecule has 4 heteroatoms. The predicted molar refractivity (Wildman–Crippen MR) is 66.2 cm³/mol. The summed E-state index contributed by atoms with van der Waals surface area (Å²) in [6.45, 7) is 4.33. The van der Waals surface area contributed by atoms with Gasteiger partial charge in [0.1, 0.15) is 6.54 Å². The normalized spacial score (nSPS) is 11.6. The van der Waals surface area contributed by atoms with Crippen molar-refractivity contribution in [2.24, 2.45) is 0 Å². The van der Waals surface area contributed by atoms with E-state index in [0.717, 1.165) is 0 Å². The summed E-state index contributed by atoms with van der Waals surface area (Å²) in [7, 11) is 0. The lowest BCUT2D eigenvalue weighted by Gasteiger charge is -2.15. The largest absolute Gasteiger partial charge is 0.342 e. The van der Waals surface area contributed by atoms with E-state index in [9.17, 15) is 4.79 Å². The summed E-state index contributed by atoms with van der Waals surface area (Å²) in [6.07, 6.45) is 0. The lowest BCUT2D eigenvalue weighted by Crippen LogP contribution is -2.35. The monoisotopic (exact) mass is 231 g/mol. The molecule has 0 heterocycles. The molecule has 0 aromatic heterocycles. The minimum absolute atomic E-state index is 0.0548. The minimum Gasteiger partial charge on any atom is -0.342 e. The van der Waals surface area contributed by atoms with Gasteiger partial charge in [-0.15, -0.1) is 0 Å². The van der Waals surface area contributed by atoms with Crippen LogP contribution in [0, 0.1) is 18.3 Å². The fraction of sp³-hybridized carbons (Fsp3) is 0.385. The molecule has 1 aromatic carbocycles. The molecule has 4 nitrogen and oxygen atoms in total. The van der Waals surface area contributed by atoms with Crippen molar-refractivity contribution in [2.45, 2.75) is 19.9 Å². The van der Waals surface area contributed by atoms with Crippen molar-refractivity contribution in [3.05, 3.63) is 35.4 Å². The van der Waals surface area contributed by atoms with Gasteiger partial charge in [0, 0.05) is 6.04 Å². The van der Waals surface area contributed by atoms with Crippen LogP contribution < -0.4 is 10.6 Å². The van der Waals surface area contributed by atoms with Gasteiger partial charge in [0.25, 0.3) is 0 Å². The molecule has 0 spiro atoms. The molecule has 0 saturated heterocycles. The highest BCUT2D eigenvalue weighted by Gasteiger charge is 2.08. The van der Waals surface area contributed by atoms with Gasteiger partial charge in [-0.3, -0.25) is 4.79 Å². The lowest BCUT2D eigenvalue weighted by atomic mass is 10.0. The van der Waals surface area contributed by atoms with Crippen molar-refractivity contribution in [2.75, 3.05) is 13.1 Å². The van der Waals surface area contributed by atoms with E-state index in [1.54, 1.807) is 0 Å². The number of rotatable bonds is 5. The molecule has 1 rings (SSSR count). The maximum absolute atomic E-state index is 11.3. The third-order valence-corrected chi connectivity index (χ3v) is 2.59. The number of benzene rings is 1. The smallest absolute Gasteiger partial charge is 0.234 e. The molecular weight excluding hydrogens is 214 g/mol. The second-order valence-electron chi connectivity index (χ2n) is 3.89. The summed E-state index contributed by atoms with van der Waals surface area (Å²) < 4.78 is 0. The van der Waals surface area contributed by atoms with Gasteiger partial charge in [0.2, 0.25) is 5.91 Å². The molecule has 1 atom stereocenters. The number of hydrogen-bond acceptors (Lipinski definition) is 3. The van der Waals surface area contributed by atoms with Crippen LogP contribution >= 0.6 is 0 Å². The molecule has 0 saturated carbocycles. The molecule has 0 aliphatic heterocycles. The first kappa shape index (κ1) is 13.2. The van der Waals surface area contributed by atoms with E-state index in [1.165, 1.54) is 11.1 Å². The third-order valence-electron chi connectivity index (χ3n) is 2.59. The fourth-order valence-corrected chi connectivity index (χ4v) is 1.63. The van der Waals surface area contributed by atoms with Crippen molar-refractivity contribution in [3.63, 3.8) is 0 Å². The Balaban J connectivity index is 2.45. The SMILES string of the molecule is Cc1ccccc1[C@@H](C)NCC(=O)NCC#N.